The Hall–Kier alpha value is -4.71. The average Bonchev–Trinajstić information content (AvgIpc) is 3.51. The number of fused-ring (bicyclic) bond motifs is 1. The second-order valence-corrected chi connectivity index (χ2v) is 8.76. The Morgan fingerprint density at radius 2 is 2.00 bits per heavy atom. The number of carbonyl (C=O) groups is 1. The van der Waals surface area contributed by atoms with Gasteiger partial charge in [0.05, 0.1) is 23.3 Å². The van der Waals surface area contributed by atoms with Crippen LogP contribution in [0.1, 0.15) is 38.3 Å². The molecule has 2 heterocycles. The molecule has 1 atom stereocenters. The van der Waals surface area contributed by atoms with Crippen molar-refractivity contribution in [2.24, 2.45) is 0 Å². The Morgan fingerprint density at radius 3 is 2.58 bits per heavy atom. The number of allylic oxidation sites excluding steroid dienone is 7. The number of alkyl halides is 4. The molecule has 1 aliphatic heterocycles. The lowest BCUT2D eigenvalue weighted by atomic mass is 9.96. The van der Waals surface area contributed by atoms with E-state index in [1.165, 1.54) is 40.8 Å². The zero-order valence-electron chi connectivity index (χ0n) is 20.3. The van der Waals surface area contributed by atoms with E-state index in [0.29, 0.717) is 11.1 Å². The van der Waals surface area contributed by atoms with Crippen molar-refractivity contribution in [1.29, 1.82) is 10.5 Å². The maximum absolute atomic E-state index is 14.3. The molecule has 12 heteroatoms. The minimum absolute atomic E-state index is 0.0223. The highest BCUT2D eigenvalue weighted by molar-refractivity contribution is 5.98. The largest absolute Gasteiger partial charge is 0.416 e. The van der Waals surface area contributed by atoms with Crippen LogP contribution in [-0.4, -0.2) is 26.3 Å². The summed E-state index contributed by atoms with van der Waals surface area (Å²) in [6.45, 7) is 7.21. The number of nitrogens with one attached hydrogen (secondary N) is 1. The van der Waals surface area contributed by atoms with Crippen LogP contribution >= 0.6 is 0 Å². The molecule has 194 valence electrons. The molecule has 8 nitrogen and oxygen atoms in total. The van der Waals surface area contributed by atoms with E-state index in [1.54, 1.807) is 13.0 Å². The lowest BCUT2D eigenvalue weighted by Gasteiger charge is -2.34. The summed E-state index contributed by atoms with van der Waals surface area (Å²) in [6, 6.07) is 7.54. The number of rotatable bonds is 6. The van der Waals surface area contributed by atoms with E-state index in [4.69, 9.17) is 0 Å². The van der Waals surface area contributed by atoms with Crippen molar-refractivity contribution < 1.29 is 22.4 Å². The second-order valence-electron chi connectivity index (χ2n) is 8.76. The highest BCUT2D eigenvalue weighted by Crippen LogP contribution is 2.44. The first kappa shape index (κ1) is 26.4. The van der Waals surface area contributed by atoms with Crippen molar-refractivity contribution in [3.05, 3.63) is 77.1 Å². The molecule has 1 amide bonds. The monoisotopic (exact) mass is 523 g/mol. The van der Waals surface area contributed by atoms with E-state index < -0.39 is 29.4 Å². The number of nitriles is 2. The standard InChI is InChI=1S/C26H21F4N7O/c1-4-17(13-31)9-8-15(2)21-20(14-32)16(3)36(19-7-5-6-18(12-19)26(28,29)30)24-34-23(35-37(21)24)33-22(38)25(27)10-11-25/h4-9,12,21H,2,10-11H2,1,3H3,(H,33,35,38)/b9-8-,17-4+/t21-/m1/s1. The summed E-state index contributed by atoms with van der Waals surface area (Å²) in [4.78, 5) is 17.9. The van der Waals surface area contributed by atoms with Crippen molar-refractivity contribution in [2.45, 2.75) is 44.6 Å². The highest BCUT2D eigenvalue weighted by Gasteiger charge is 2.51. The van der Waals surface area contributed by atoms with Crippen LogP contribution in [0.2, 0.25) is 0 Å². The zero-order chi connectivity index (χ0) is 27.8. The van der Waals surface area contributed by atoms with Crippen LogP contribution in [0.5, 0.6) is 0 Å². The van der Waals surface area contributed by atoms with Crippen molar-refractivity contribution >= 4 is 23.5 Å². The average molecular weight is 523 g/mol. The molecule has 38 heavy (non-hydrogen) atoms. The summed E-state index contributed by atoms with van der Waals surface area (Å²) in [6.07, 6.45) is 0.0620. The molecule has 4 rings (SSSR count). The van der Waals surface area contributed by atoms with Gasteiger partial charge in [-0.2, -0.15) is 28.7 Å². The molecule has 1 aromatic carbocycles. The van der Waals surface area contributed by atoms with Gasteiger partial charge in [-0.15, -0.1) is 5.10 Å². The maximum Gasteiger partial charge on any atom is 0.416 e. The minimum atomic E-state index is -4.62. The summed E-state index contributed by atoms with van der Waals surface area (Å²) >= 11 is 0. The highest BCUT2D eigenvalue weighted by atomic mass is 19.4. The van der Waals surface area contributed by atoms with Gasteiger partial charge in [-0.1, -0.05) is 24.8 Å². The zero-order valence-corrected chi connectivity index (χ0v) is 20.3. The minimum Gasteiger partial charge on any atom is -0.290 e. The number of aromatic nitrogens is 3. The van der Waals surface area contributed by atoms with Gasteiger partial charge in [0.1, 0.15) is 6.04 Å². The molecule has 2 aliphatic rings. The molecule has 1 aliphatic carbocycles. The van der Waals surface area contributed by atoms with Gasteiger partial charge >= 0.3 is 6.18 Å². The first-order valence-electron chi connectivity index (χ1n) is 11.4. The SMILES string of the molecule is C=C(/C=C\C(C#N)=C/C)[C@@H]1C(C#N)=C(C)N(c2cccc(C(F)(F)F)c2)c2nc(NC(=O)C3(F)CC3)nn21. The molecule has 1 fully saturated rings. The number of nitrogens with zero attached hydrogens (tertiary/aromatic N) is 6. The first-order valence-corrected chi connectivity index (χ1v) is 11.4. The van der Waals surface area contributed by atoms with E-state index in [9.17, 15) is 32.9 Å². The van der Waals surface area contributed by atoms with E-state index >= 15 is 0 Å². The van der Waals surface area contributed by atoms with Gasteiger partial charge in [-0.25, -0.2) is 9.07 Å². The van der Waals surface area contributed by atoms with E-state index in [1.807, 2.05) is 6.07 Å². The van der Waals surface area contributed by atoms with E-state index in [2.05, 4.69) is 28.0 Å². The normalized spacial score (nSPS) is 18.6. The third kappa shape index (κ3) is 4.81. The summed E-state index contributed by atoms with van der Waals surface area (Å²) in [5.41, 5.74) is -1.91. The lowest BCUT2D eigenvalue weighted by molar-refractivity contribution is -0.137. The molecule has 1 saturated carbocycles. The van der Waals surface area contributed by atoms with Crippen LogP contribution in [0.3, 0.4) is 0 Å². The van der Waals surface area contributed by atoms with Gasteiger partial charge in [0, 0.05) is 17.0 Å². The number of anilines is 3. The predicted octanol–water partition coefficient (Wildman–Crippen LogP) is 5.81. The number of carbonyl (C=O) groups excluding carboxylic acids is 1. The molecular weight excluding hydrogens is 502 g/mol. The quantitative estimate of drug-likeness (QED) is 0.291. The lowest BCUT2D eigenvalue weighted by Crippen LogP contribution is -2.31. The number of halogens is 4. The fraction of sp³-hybridized carbons (Fsp3) is 0.269. The molecule has 0 radical (unpaired) electrons. The maximum atomic E-state index is 14.3. The number of hydrogen-bond donors (Lipinski definition) is 1. The Morgan fingerprint density at radius 1 is 1.29 bits per heavy atom. The summed E-state index contributed by atoms with van der Waals surface area (Å²) in [5, 5.41) is 25.9. The van der Waals surface area contributed by atoms with Crippen LogP contribution in [0.4, 0.5) is 35.1 Å². The molecule has 1 aromatic heterocycles. The van der Waals surface area contributed by atoms with Crippen LogP contribution < -0.4 is 10.2 Å². The molecule has 0 unspecified atom stereocenters. The number of amides is 1. The van der Waals surface area contributed by atoms with Crippen molar-refractivity contribution in [3.8, 4) is 12.1 Å². The Bertz CT molecular complexity index is 1500. The van der Waals surface area contributed by atoms with E-state index in [0.717, 1.165) is 12.1 Å². The third-order valence-corrected chi connectivity index (χ3v) is 6.20. The summed E-state index contributed by atoms with van der Waals surface area (Å²) < 4.78 is 55.9. The Balaban J connectivity index is 1.87. The molecule has 0 bridgehead atoms. The first-order chi connectivity index (χ1) is 17.9. The van der Waals surface area contributed by atoms with Crippen LogP contribution in [0, 0.1) is 22.7 Å². The fourth-order valence-electron chi connectivity index (χ4n) is 3.94. The van der Waals surface area contributed by atoms with Crippen molar-refractivity contribution in [1.82, 2.24) is 14.8 Å². The van der Waals surface area contributed by atoms with Crippen LogP contribution in [0.25, 0.3) is 0 Å². The smallest absolute Gasteiger partial charge is 0.290 e. The Labute approximate surface area is 215 Å². The topological polar surface area (TPSA) is 111 Å². The van der Waals surface area contributed by atoms with Crippen molar-refractivity contribution in [2.75, 3.05) is 10.2 Å². The van der Waals surface area contributed by atoms with E-state index in [-0.39, 0.29) is 41.7 Å². The molecule has 1 N–H and O–H groups in total. The van der Waals surface area contributed by atoms with Gasteiger partial charge in [-0.3, -0.25) is 15.0 Å². The predicted molar refractivity (Wildman–Crippen MR) is 130 cm³/mol. The van der Waals surface area contributed by atoms with Crippen LogP contribution in [0.15, 0.2) is 71.5 Å². The van der Waals surface area contributed by atoms with Crippen molar-refractivity contribution in [3.63, 3.8) is 0 Å². The van der Waals surface area contributed by atoms with Gasteiger partial charge < -0.3 is 0 Å². The fourth-order valence-corrected chi connectivity index (χ4v) is 3.94. The summed E-state index contributed by atoms with van der Waals surface area (Å²) in [5.74, 6) is -1.24. The molecule has 0 saturated heterocycles. The van der Waals surface area contributed by atoms with Crippen LogP contribution in [-0.2, 0) is 11.0 Å². The van der Waals surface area contributed by atoms with Gasteiger partial charge in [0.25, 0.3) is 11.9 Å². The number of benzene rings is 1. The Kier molecular flexibility index (Phi) is 6.68. The third-order valence-electron chi connectivity index (χ3n) is 6.20. The second kappa shape index (κ2) is 9.63. The van der Waals surface area contributed by atoms with Gasteiger partial charge in [0.15, 0.2) is 5.67 Å². The van der Waals surface area contributed by atoms with Gasteiger partial charge in [0.2, 0.25) is 5.95 Å². The summed E-state index contributed by atoms with van der Waals surface area (Å²) in [7, 11) is 0. The molecule has 2 aromatic rings. The number of hydrogen-bond acceptors (Lipinski definition) is 6. The van der Waals surface area contributed by atoms with Gasteiger partial charge in [-0.05, 0) is 56.5 Å². The molecule has 0 spiro atoms. The molecular formula is C26H21F4N7O.